The molecule has 2 aromatic carbocycles. The lowest BCUT2D eigenvalue weighted by atomic mass is 10.1. The fourth-order valence-corrected chi connectivity index (χ4v) is 4.52. The SMILES string of the molecule is CC(C)C(SCc1ccccc1)C(=O)NCc1ccc(N2CCCC2=O)cc1. The van der Waals surface area contributed by atoms with Gasteiger partial charge in [-0.1, -0.05) is 56.3 Å². The van der Waals surface area contributed by atoms with Crippen molar-refractivity contribution in [3.05, 3.63) is 65.7 Å². The largest absolute Gasteiger partial charge is 0.351 e. The van der Waals surface area contributed by atoms with Crippen molar-refractivity contribution in [3.8, 4) is 0 Å². The molecular weight excluding hydrogens is 368 g/mol. The average Bonchev–Trinajstić information content (AvgIpc) is 3.13. The highest BCUT2D eigenvalue weighted by Crippen LogP contribution is 2.25. The van der Waals surface area contributed by atoms with Gasteiger partial charge in [0.1, 0.15) is 0 Å². The molecule has 1 aliphatic heterocycles. The van der Waals surface area contributed by atoms with Gasteiger partial charge in [0, 0.05) is 31.0 Å². The Hall–Kier alpha value is -2.27. The molecule has 1 atom stereocenters. The van der Waals surface area contributed by atoms with E-state index in [-0.39, 0.29) is 23.0 Å². The highest BCUT2D eigenvalue weighted by molar-refractivity contribution is 7.99. The second kappa shape index (κ2) is 9.78. The third-order valence-corrected chi connectivity index (χ3v) is 6.54. The van der Waals surface area contributed by atoms with Crippen LogP contribution in [-0.4, -0.2) is 23.6 Å². The standard InChI is InChI=1S/C23H28N2O2S/c1-17(2)22(28-16-19-7-4-3-5-8-19)23(27)24-15-18-10-12-20(13-11-18)25-14-6-9-21(25)26/h3-5,7-8,10-13,17,22H,6,9,14-16H2,1-2H3,(H,24,27). The molecule has 5 heteroatoms. The van der Waals surface area contributed by atoms with E-state index in [1.54, 1.807) is 11.8 Å². The van der Waals surface area contributed by atoms with Gasteiger partial charge in [0.15, 0.2) is 0 Å². The number of amides is 2. The van der Waals surface area contributed by atoms with E-state index in [2.05, 4.69) is 31.3 Å². The van der Waals surface area contributed by atoms with Crippen molar-refractivity contribution < 1.29 is 9.59 Å². The first kappa shape index (κ1) is 20.5. The molecule has 4 nitrogen and oxygen atoms in total. The highest BCUT2D eigenvalue weighted by Gasteiger charge is 2.23. The molecule has 3 rings (SSSR count). The molecule has 0 bridgehead atoms. The number of hydrogen-bond donors (Lipinski definition) is 1. The van der Waals surface area contributed by atoms with Crippen LogP contribution in [-0.2, 0) is 21.9 Å². The highest BCUT2D eigenvalue weighted by atomic mass is 32.2. The number of benzene rings is 2. The van der Waals surface area contributed by atoms with Crippen LogP contribution in [0.1, 0.15) is 37.8 Å². The molecule has 1 fully saturated rings. The van der Waals surface area contributed by atoms with Crippen LogP contribution >= 0.6 is 11.8 Å². The molecule has 0 aromatic heterocycles. The average molecular weight is 397 g/mol. The Labute approximate surface area is 171 Å². The van der Waals surface area contributed by atoms with Crippen LogP contribution in [0.3, 0.4) is 0 Å². The molecule has 28 heavy (non-hydrogen) atoms. The van der Waals surface area contributed by atoms with Crippen molar-refractivity contribution in [3.63, 3.8) is 0 Å². The van der Waals surface area contributed by atoms with Gasteiger partial charge >= 0.3 is 0 Å². The van der Waals surface area contributed by atoms with Crippen LogP contribution in [0.5, 0.6) is 0 Å². The molecule has 0 spiro atoms. The molecule has 0 saturated carbocycles. The van der Waals surface area contributed by atoms with Crippen LogP contribution in [0.4, 0.5) is 5.69 Å². The molecule has 0 radical (unpaired) electrons. The molecule has 1 N–H and O–H groups in total. The maximum atomic E-state index is 12.7. The monoisotopic (exact) mass is 396 g/mol. The summed E-state index contributed by atoms with van der Waals surface area (Å²) in [5.41, 5.74) is 3.22. The van der Waals surface area contributed by atoms with Crippen LogP contribution in [0.2, 0.25) is 0 Å². The van der Waals surface area contributed by atoms with E-state index in [0.29, 0.717) is 13.0 Å². The summed E-state index contributed by atoms with van der Waals surface area (Å²) in [6.07, 6.45) is 1.56. The number of anilines is 1. The minimum Gasteiger partial charge on any atom is -0.351 e. The van der Waals surface area contributed by atoms with Crippen LogP contribution in [0.25, 0.3) is 0 Å². The number of nitrogens with one attached hydrogen (secondary N) is 1. The van der Waals surface area contributed by atoms with E-state index in [0.717, 1.165) is 30.0 Å². The fourth-order valence-electron chi connectivity index (χ4n) is 3.34. The first-order valence-electron chi connectivity index (χ1n) is 9.87. The van der Waals surface area contributed by atoms with Gasteiger partial charge in [-0.15, -0.1) is 11.8 Å². The Bertz CT molecular complexity index is 790. The first-order chi connectivity index (χ1) is 13.5. The van der Waals surface area contributed by atoms with E-state index in [4.69, 9.17) is 0 Å². The lowest BCUT2D eigenvalue weighted by Crippen LogP contribution is -2.35. The molecule has 1 unspecified atom stereocenters. The van der Waals surface area contributed by atoms with Crippen LogP contribution in [0.15, 0.2) is 54.6 Å². The number of nitrogens with zero attached hydrogens (tertiary/aromatic N) is 1. The van der Waals surface area contributed by atoms with Gasteiger partial charge in [-0.25, -0.2) is 0 Å². The summed E-state index contributed by atoms with van der Waals surface area (Å²) in [7, 11) is 0. The summed E-state index contributed by atoms with van der Waals surface area (Å²) >= 11 is 1.69. The van der Waals surface area contributed by atoms with Gasteiger partial charge in [-0.2, -0.15) is 0 Å². The topological polar surface area (TPSA) is 49.4 Å². The zero-order valence-corrected chi connectivity index (χ0v) is 17.4. The predicted octanol–water partition coefficient (Wildman–Crippen LogP) is 4.39. The maximum absolute atomic E-state index is 12.7. The van der Waals surface area contributed by atoms with E-state index < -0.39 is 0 Å². The number of carbonyl (C=O) groups is 2. The summed E-state index contributed by atoms with van der Waals surface area (Å²) in [5, 5.41) is 2.99. The summed E-state index contributed by atoms with van der Waals surface area (Å²) in [6.45, 7) is 5.47. The number of hydrogen-bond acceptors (Lipinski definition) is 3. The normalized spacial score (nSPS) is 15.1. The molecule has 1 heterocycles. The third kappa shape index (κ3) is 5.38. The maximum Gasteiger partial charge on any atom is 0.233 e. The molecule has 2 amide bonds. The van der Waals surface area contributed by atoms with E-state index >= 15 is 0 Å². The summed E-state index contributed by atoms with van der Waals surface area (Å²) in [6, 6.07) is 18.2. The molecule has 2 aromatic rings. The van der Waals surface area contributed by atoms with Crippen molar-refractivity contribution in [2.24, 2.45) is 5.92 Å². The van der Waals surface area contributed by atoms with Gasteiger partial charge in [0.05, 0.1) is 5.25 Å². The Balaban J connectivity index is 1.53. The predicted molar refractivity (Wildman–Crippen MR) is 116 cm³/mol. The van der Waals surface area contributed by atoms with Gasteiger partial charge in [0.2, 0.25) is 11.8 Å². The van der Waals surface area contributed by atoms with Gasteiger partial charge < -0.3 is 10.2 Å². The molecule has 1 aliphatic rings. The van der Waals surface area contributed by atoms with E-state index in [1.807, 2.05) is 47.4 Å². The number of carbonyl (C=O) groups excluding carboxylic acids is 2. The molecule has 0 aliphatic carbocycles. The van der Waals surface area contributed by atoms with Gasteiger partial charge in [-0.05, 0) is 35.6 Å². The van der Waals surface area contributed by atoms with Crippen molar-refractivity contribution in [2.75, 3.05) is 11.4 Å². The second-order valence-corrected chi connectivity index (χ2v) is 8.62. The Morgan fingerprint density at radius 1 is 1.07 bits per heavy atom. The van der Waals surface area contributed by atoms with Crippen molar-refractivity contribution >= 4 is 29.3 Å². The zero-order chi connectivity index (χ0) is 19.9. The Morgan fingerprint density at radius 2 is 1.79 bits per heavy atom. The summed E-state index contributed by atoms with van der Waals surface area (Å²) < 4.78 is 0. The van der Waals surface area contributed by atoms with Crippen molar-refractivity contribution in [2.45, 2.75) is 44.2 Å². The quantitative estimate of drug-likeness (QED) is 0.720. The van der Waals surface area contributed by atoms with E-state index in [1.165, 1.54) is 5.56 Å². The molecular formula is C23H28N2O2S. The third-order valence-electron chi connectivity index (χ3n) is 4.92. The number of rotatable bonds is 8. The number of thioether (sulfide) groups is 1. The van der Waals surface area contributed by atoms with Crippen molar-refractivity contribution in [1.82, 2.24) is 5.32 Å². The van der Waals surface area contributed by atoms with E-state index in [9.17, 15) is 9.59 Å². The molecule has 1 saturated heterocycles. The minimum atomic E-state index is -0.0818. The second-order valence-electron chi connectivity index (χ2n) is 7.49. The van der Waals surface area contributed by atoms with Crippen LogP contribution < -0.4 is 10.2 Å². The smallest absolute Gasteiger partial charge is 0.233 e. The fraction of sp³-hybridized carbons (Fsp3) is 0.391. The summed E-state index contributed by atoms with van der Waals surface area (Å²) in [5.74, 6) is 1.36. The van der Waals surface area contributed by atoms with Crippen LogP contribution in [0, 0.1) is 5.92 Å². The van der Waals surface area contributed by atoms with Gasteiger partial charge in [-0.3, -0.25) is 9.59 Å². The Morgan fingerprint density at radius 3 is 2.39 bits per heavy atom. The zero-order valence-electron chi connectivity index (χ0n) is 16.6. The lowest BCUT2D eigenvalue weighted by molar-refractivity contribution is -0.121. The van der Waals surface area contributed by atoms with Gasteiger partial charge in [0.25, 0.3) is 0 Å². The minimum absolute atomic E-state index is 0.0785. The first-order valence-corrected chi connectivity index (χ1v) is 10.9. The lowest BCUT2D eigenvalue weighted by Gasteiger charge is -2.20. The van der Waals surface area contributed by atoms with Crippen molar-refractivity contribution in [1.29, 1.82) is 0 Å². The Kier molecular flexibility index (Phi) is 7.15. The molecule has 148 valence electrons. The summed E-state index contributed by atoms with van der Waals surface area (Å²) in [4.78, 5) is 26.4.